The van der Waals surface area contributed by atoms with Gasteiger partial charge in [0.25, 0.3) is 5.91 Å². The largest absolute Gasteiger partial charge is 0.493 e. The van der Waals surface area contributed by atoms with Crippen molar-refractivity contribution >= 4 is 22.8 Å². The lowest BCUT2D eigenvalue weighted by Crippen LogP contribution is -2.16. The van der Waals surface area contributed by atoms with Crippen LogP contribution in [0.3, 0.4) is 0 Å². The van der Waals surface area contributed by atoms with E-state index >= 15 is 0 Å². The number of carboxylic acid groups (broad SMARTS) is 1. The Morgan fingerprint density at radius 1 is 1.11 bits per heavy atom. The van der Waals surface area contributed by atoms with Gasteiger partial charge in [0.15, 0.2) is 0 Å². The number of carboxylic acids is 1. The highest BCUT2D eigenvalue weighted by Crippen LogP contribution is 2.34. The molecule has 5 rings (SSSR count). The third kappa shape index (κ3) is 4.14. The zero-order valence-corrected chi connectivity index (χ0v) is 19.4. The first kappa shape index (κ1) is 22.7. The number of benzene rings is 3. The maximum atomic E-state index is 13.9. The van der Waals surface area contributed by atoms with Crippen molar-refractivity contribution in [1.29, 1.82) is 0 Å². The summed E-state index contributed by atoms with van der Waals surface area (Å²) in [7, 11) is 0. The summed E-state index contributed by atoms with van der Waals surface area (Å²) in [4.78, 5) is 25.0. The van der Waals surface area contributed by atoms with E-state index in [-0.39, 0.29) is 18.2 Å². The lowest BCUT2D eigenvalue weighted by molar-refractivity contribution is -0.136. The Morgan fingerprint density at radius 2 is 1.91 bits per heavy atom. The van der Waals surface area contributed by atoms with Crippen LogP contribution in [0.25, 0.3) is 10.9 Å². The second kappa shape index (κ2) is 8.91. The van der Waals surface area contributed by atoms with Crippen LogP contribution in [0, 0.1) is 19.7 Å². The second-order valence-electron chi connectivity index (χ2n) is 8.77. The van der Waals surface area contributed by atoms with E-state index < -0.39 is 11.8 Å². The number of aryl methyl sites for hydroxylation is 1. The number of hydrogen-bond donors (Lipinski definition) is 1. The Morgan fingerprint density at radius 3 is 2.69 bits per heavy atom. The van der Waals surface area contributed by atoms with Crippen molar-refractivity contribution < 1.29 is 28.6 Å². The van der Waals surface area contributed by atoms with Gasteiger partial charge in [-0.2, -0.15) is 0 Å². The molecular weight excluding hydrogens is 449 g/mol. The van der Waals surface area contributed by atoms with E-state index in [0.29, 0.717) is 46.7 Å². The van der Waals surface area contributed by atoms with Crippen molar-refractivity contribution in [3.8, 4) is 11.5 Å². The molecule has 1 aromatic heterocycles. The van der Waals surface area contributed by atoms with E-state index in [0.717, 1.165) is 16.9 Å². The van der Waals surface area contributed by atoms with Gasteiger partial charge >= 0.3 is 5.97 Å². The van der Waals surface area contributed by atoms with Gasteiger partial charge in [0, 0.05) is 22.2 Å². The van der Waals surface area contributed by atoms with Gasteiger partial charge < -0.3 is 14.6 Å². The fourth-order valence-corrected chi connectivity index (χ4v) is 4.74. The molecule has 0 amide bonds. The lowest BCUT2D eigenvalue weighted by atomic mass is 10.0. The van der Waals surface area contributed by atoms with Gasteiger partial charge in [-0.3, -0.25) is 14.2 Å². The number of carbonyl (C=O) groups excluding carboxylic acids is 1. The number of aliphatic carboxylic acids is 1. The molecule has 2 heterocycles. The van der Waals surface area contributed by atoms with Crippen LogP contribution in [0.5, 0.6) is 11.5 Å². The summed E-state index contributed by atoms with van der Waals surface area (Å²) in [5, 5.41) is 9.76. The van der Waals surface area contributed by atoms with E-state index in [9.17, 15) is 19.1 Å². The van der Waals surface area contributed by atoms with Crippen LogP contribution in [0.1, 0.15) is 38.7 Å². The number of hydrogen-bond acceptors (Lipinski definition) is 4. The predicted octanol–water partition coefficient (Wildman–Crippen LogP) is 5.27. The van der Waals surface area contributed by atoms with Gasteiger partial charge in [-0.05, 0) is 67.4 Å². The number of fused-ring (bicyclic) bond motifs is 2. The molecule has 6 nitrogen and oxygen atoms in total. The molecule has 0 bridgehead atoms. The van der Waals surface area contributed by atoms with E-state index in [1.54, 1.807) is 19.1 Å². The summed E-state index contributed by atoms with van der Waals surface area (Å²) in [6, 6.07) is 17.2. The van der Waals surface area contributed by atoms with Gasteiger partial charge in [-0.25, -0.2) is 4.39 Å². The lowest BCUT2D eigenvalue weighted by Gasteiger charge is -2.14. The van der Waals surface area contributed by atoms with Crippen molar-refractivity contribution in [2.75, 3.05) is 13.2 Å². The highest BCUT2D eigenvalue weighted by atomic mass is 19.1. The molecule has 0 saturated heterocycles. The minimum absolute atomic E-state index is 0.134. The molecule has 0 fully saturated rings. The van der Waals surface area contributed by atoms with Crippen LogP contribution < -0.4 is 9.47 Å². The van der Waals surface area contributed by atoms with Crippen molar-refractivity contribution in [3.05, 3.63) is 94.4 Å². The van der Waals surface area contributed by atoms with Crippen LogP contribution in [-0.2, 0) is 11.2 Å². The molecule has 1 aliphatic heterocycles. The molecular formula is C28H24FNO5. The summed E-state index contributed by atoms with van der Waals surface area (Å²) in [5.41, 5.74) is 3.69. The van der Waals surface area contributed by atoms with E-state index in [4.69, 9.17) is 9.47 Å². The fraction of sp³-hybridized carbons (Fsp3) is 0.214. The number of halogens is 1. The number of para-hydroxylation sites is 1. The van der Waals surface area contributed by atoms with Gasteiger partial charge in [0.05, 0.1) is 31.1 Å². The number of aromatic nitrogens is 1. The van der Waals surface area contributed by atoms with Crippen molar-refractivity contribution in [2.24, 2.45) is 0 Å². The average Bonchev–Trinajstić information content (AvgIpc) is 3.36. The SMILES string of the molecule is Cc1cc(OC[C@@H]2COc3ccccc32)ccc1C(=O)n1c(C)c(CC(=O)O)c2cc(F)ccc21. The van der Waals surface area contributed by atoms with E-state index in [1.165, 1.54) is 22.8 Å². The zero-order valence-electron chi connectivity index (χ0n) is 19.4. The van der Waals surface area contributed by atoms with Crippen LogP contribution in [-0.4, -0.2) is 34.8 Å². The standard InChI is InChI=1S/C28H24FNO5/c1-16-11-20(34-14-18-15-35-26-6-4-3-5-22(18)26)8-9-21(16)28(33)30-17(2)23(13-27(31)32)24-12-19(29)7-10-25(24)30/h3-12,18H,13-15H2,1-2H3,(H,31,32)/t18-/m1/s1. The van der Waals surface area contributed by atoms with Crippen LogP contribution in [0.4, 0.5) is 4.39 Å². The topological polar surface area (TPSA) is 77.8 Å². The smallest absolute Gasteiger partial charge is 0.307 e. The molecule has 1 atom stereocenters. The second-order valence-corrected chi connectivity index (χ2v) is 8.77. The summed E-state index contributed by atoms with van der Waals surface area (Å²) in [5.74, 6) is -0.174. The van der Waals surface area contributed by atoms with Gasteiger partial charge in [-0.1, -0.05) is 18.2 Å². The molecule has 7 heteroatoms. The third-order valence-corrected chi connectivity index (χ3v) is 6.51. The molecule has 0 radical (unpaired) electrons. The van der Waals surface area contributed by atoms with E-state index in [1.807, 2.05) is 37.3 Å². The first-order valence-corrected chi connectivity index (χ1v) is 11.3. The fourth-order valence-electron chi connectivity index (χ4n) is 4.74. The molecule has 0 unspecified atom stereocenters. The molecule has 35 heavy (non-hydrogen) atoms. The van der Waals surface area contributed by atoms with Gasteiger partial charge in [-0.15, -0.1) is 0 Å². The maximum absolute atomic E-state index is 13.9. The van der Waals surface area contributed by atoms with Crippen LogP contribution in [0.2, 0.25) is 0 Å². The Labute approximate surface area is 201 Å². The molecule has 0 aliphatic carbocycles. The average molecular weight is 474 g/mol. The number of rotatable bonds is 6. The number of carbonyl (C=O) groups is 2. The molecule has 0 spiro atoms. The molecule has 0 saturated carbocycles. The van der Waals surface area contributed by atoms with Crippen LogP contribution in [0.15, 0.2) is 60.7 Å². The number of ether oxygens (including phenoxy) is 2. The van der Waals surface area contributed by atoms with Gasteiger partial charge in [0.2, 0.25) is 0 Å². The number of nitrogens with zero attached hydrogens (tertiary/aromatic N) is 1. The minimum atomic E-state index is -1.04. The Hall–Kier alpha value is -4.13. The molecule has 3 aromatic carbocycles. The highest BCUT2D eigenvalue weighted by Gasteiger charge is 2.25. The Balaban J connectivity index is 1.42. The summed E-state index contributed by atoms with van der Waals surface area (Å²) < 4.78 is 27.1. The summed E-state index contributed by atoms with van der Waals surface area (Å²) in [6.07, 6.45) is -0.300. The minimum Gasteiger partial charge on any atom is -0.493 e. The molecule has 4 aromatic rings. The summed E-state index contributed by atoms with van der Waals surface area (Å²) >= 11 is 0. The zero-order chi connectivity index (χ0) is 24.7. The Bertz CT molecular complexity index is 1470. The molecule has 1 N–H and O–H groups in total. The Kier molecular flexibility index (Phi) is 5.76. The van der Waals surface area contributed by atoms with Crippen molar-refractivity contribution in [1.82, 2.24) is 4.57 Å². The third-order valence-electron chi connectivity index (χ3n) is 6.51. The van der Waals surface area contributed by atoms with Crippen LogP contribution >= 0.6 is 0 Å². The highest BCUT2D eigenvalue weighted by molar-refractivity contribution is 6.05. The van der Waals surface area contributed by atoms with Gasteiger partial charge in [0.1, 0.15) is 17.3 Å². The summed E-state index contributed by atoms with van der Waals surface area (Å²) in [6.45, 7) is 4.53. The monoisotopic (exact) mass is 473 g/mol. The predicted molar refractivity (Wildman–Crippen MR) is 129 cm³/mol. The maximum Gasteiger partial charge on any atom is 0.307 e. The molecule has 1 aliphatic rings. The first-order valence-electron chi connectivity index (χ1n) is 11.3. The van der Waals surface area contributed by atoms with Crippen molar-refractivity contribution in [3.63, 3.8) is 0 Å². The molecule has 178 valence electrons. The first-order chi connectivity index (χ1) is 16.8. The van der Waals surface area contributed by atoms with Crippen molar-refractivity contribution in [2.45, 2.75) is 26.2 Å². The quantitative estimate of drug-likeness (QED) is 0.413. The normalized spacial score (nSPS) is 14.5. The van der Waals surface area contributed by atoms with E-state index in [2.05, 4.69) is 0 Å².